The van der Waals surface area contributed by atoms with E-state index in [-0.39, 0.29) is 6.61 Å². The Morgan fingerprint density at radius 2 is 1.67 bits per heavy atom. The number of carbonyl (C=O) groups excluding carboxylic acids is 1. The molecule has 2 aromatic rings. The number of carbonyl (C=O) groups is 1. The summed E-state index contributed by atoms with van der Waals surface area (Å²) in [6.07, 6.45) is -0.952. The van der Waals surface area contributed by atoms with E-state index >= 15 is 0 Å². The van der Waals surface area contributed by atoms with Crippen LogP contribution in [0.25, 0.3) is 11.1 Å². The molecule has 2 N–H and O–H groups in total. The van der Waals surface area contributed by atoms with Crippen LogP contribution in [-0.4, -0.2) is 6.09 Å². The van der Waals surface area contributed by atoms with Crippen molar-refractivity contribution >= 4 is 6.09 Å². The van der Waals surface area contributed by atoms with Crippen LogP contribution in [0, 0.1) is 0 Å². The Labute approximate surface area is 105 Å². The number of rotatable bonds is 4. The van der Waals surface area contributed by atoms with E-state index in [1.807, 2.05) is 54.6 Å². The first-order chi connectivity index (χ1) is 8.77. The van der Waals surface area contributed by atoms with E-state index in [2.05, 4.69) is 4.89 Å². The summed E-state index contributed by atoms with van der Waals surface area (Å²) < 4.78 is 0. The highest BCUT2D eigenvalue weighted by Gasteiger charge is 2.05. The van der Waals surface area contributed by atoms with E-state index in [1.54, 1.807) is 0 Å². The van der Waals surface area contributed by atoms with Gasteiger partial charge in [0.15, 0.2) is 0 Å². The summed E-state index contributed by atoms with van der Waals surface area (Å²) in [7, 11) is 0. The number of amides is 1. The molecule has 0 aliphatic rings. The van der Waals surface area contributed by atoms with E-state index < -0.39 is 6.09 Å². The van der Waals surface area contributed by atoms with Crippen molar-refractivity contribution in [1.82, 2.24) is 0 Å². The van der Waals surface area contributed by atoms with Gasteiger partial charge in [-0.1, -0.05) is 54.6 Å². The van der Waals surface area contributed by atoms with Crippen LogP contribution >= 0.6 is 0 Å². The minimum atomic E-state index is -0.952. The van der Waals surface area contributed by atoms with Crippen molar-refractivity contribution in [3.8, 4) is 11.1 Å². The first kappa shape index (κ1) is 12.1. The summed E-state index contributed by atoms with van der Waals surface area (Å²) in [5.74, 6) is 0. The Morgan fingerprint density at radius 3 is 2.39 bits per heavy atom. The molecule has 4 heteroatoms. The van der Waals surface area contributed by atoms with Crippen LogP contribution in [0.15, 0.2) is 54.6 Å². The maximum absolute atomic E-state index is 10.4. The van der Waals surface area contributed by atoms with Gasteiger partial charge in [-0.25, -0.2) is 4.79 Å². The lowest BCUT2D eigenvalue weighted by Crippen LogP contribution is -2.13. The van der Waals surface area contributed by atoms with E-state index in [0.717, 1.165) is 16.7 Å². The van der Waals surface area contributed by atoms with Gasteiger partial charge in [0.1, 0.15) is 6.61 Å². The normalized spacial score (nSPS) is 10.0. The van der Waals surface area contributed by atoms with Crippen molar-refractivity contribution < 1.29 is 14.6 Å². The first-order valence-electron chi connectivity index (χ1n) is 5.49. The third kappa shape index (κ3) is 3.09. The van der Waals surface area contributed by atoms with Crippen LogP contribution in [0.1, 0.15) is 5.56 Å². The van der Waals surface area contributed by atoms with E-state index in [4.69, 9.17) is 10.6 Å². The molecule has 2 rings (SSSR count). The van der Waals surface area contributed by atoms with Gasteiger partial charge in [-0.3, -0.25) is 4.89 Å². The highest BCUT2D eigenvalue weighted by molar-refractivity contribution is 5.67. The summed E-state index contributed by atoms with van der Waals surface area (Å²) in [6.45, 7) is 0.161. The topological polar surface area (TPSA) is 61.6 Å². The molecule has 0 unspecified atom stereocenters. The van der Waals surface area contributed by atoms with Crippen LogP contribution in [0.5, 0.6) is 0 Å². The van der Waals surface area contributed by atoms with Gasteiger partial charge >= 0.3 is 6.09 Å². The van der Waals surface area contributed by atoms with Gasteiger partial charge in [0.05, 0.1) is 0 Å². The summed E-state index contributed by atoms with van der Waals surface area (Å²) in [4.78, 5) is 19.5. The van der Waals surface area contributed by atoms with Crippen molar-refractivity contribution in [1.29, 1.82) is 0 Å². The second kappa shape index (κ2) is 5.84. The molecule has 0 radical (unpaired) electrons. The highest BCUT2D eigenvalue weighted by Crippen LogP contribution is 2.23. The molecule has 92 valence electrons. The summed E-state index contributed by atoms with van der Waals surface area (Å²) >= 11 is 0. The fraction of sp³-hybridized carbons (Fsp3) is 0.0714. The third-order valence-electron chi connectivity index (χ3n) is 2.46. The van der Waals surface area contributed by atoms with Gasteiger partial charge < -0.3 is 5.73 Å². The van der Waals surface area contributed by atoms with Gasteiger partial charge in [0.25, 0.3) is 0 Å². The van der Waals surface area contributed by atoms with E-state index in [0.29, 0.717) is 0 Å². The molecule has 0 bridgehead atoms. The zero-order valence-corrected chi connectivity index (χ0v) is 9.71. The number of primary amides is 1. The molecule has 0 saturated heterocycles. The van der Waals surface area contributed by atoms with Gasteiger partial charge in [-0.15, -0.1) is 0 Å². The number of hydrogen-bond donors (Lipinski definition) is 1. The predicted molar refractivity (Wildman–Crippen MR) is 67.3 cm³/mol. The van der Waals surface area contributed by atoms with E-state index in [1.165, 1.54) is 0 Å². The monoisotopic (exact) mass is 243 g/mol. The lowest BCUT2D eigenvalue weighted by molar-refractivity contribution is -0.246. The molecule has 0 atom stereocenters. The number of hydrogen-bond acceptors (Lipinski definition) is 3. The molecular weight excluding hydrogens is 230 g/mol. The van der Waals surface area contributed by atoms with Gasteiger partial charge in [0.2, 0.25) is 0 Å². The molecule has 0 aromatic heterocycles. The summed E-state index contributed by atoms with van der Waals surface area (Å²) in [6, 6.07) is 17.6. The van der Waals surface area contributed by atoms with Crippen molar-refractivity contribution in [2.75, 3.05) is 0 Å². The second-order valence-corrected chi connectivity index (χ2v) is 3.69. The predicted octanol–water partition coefficient (Wildman–Crippen LogP) is 2.88. The highest BCUT2D eigenvalue weighted by atomic mass is 17.2. The van der Waals surface area contributed by atoms with Gasteiger partial charge in [0, 0.05) is 0 Å². The zero-order valence-electron chi connectivity index (χ0n) is 9.71. The van der Waals surface area contributed by atoms with Crippen molar-refractivity contribution in [3.63, 3.8) is 0 Å². The van der Waals surface area contributed by atoms with Gasteiger partial charge in [-0.05, 0) is 16.7 Å². The Kier molecular flexibility index (Phi) is 3.94. The zero-order chi connectivity index (χ0) is 12.8. The van der Waals surface area contributed by atoms with Crippen LogP contribution < -0.4 is 5.73 Å². The molecule has 18 heavy (non-hydrogen) atoms. The standard InChI is InChI=1S/C14H13NO3/c15-14(16)18-17-10-12-8-4-5-9-13(12)11-6-2-1-3-7-11/h1-9H,10H2,(H2,15,16). The van der Waals surface area contributed by atoms with Crippen LogP contribution in [0.3, 0.4) is 0 Å². The average Bonchev–Trinajstić information content (AvgIpc) is 2.40. The molecule has 4 nitrogen and oxygen atoms in total. The molecule has 0 aliphatic heterocycles. The largest absolute Gasteiger partial charge is 0.436 e. The molecule has 2 aromatic carbocycles. The average molecular weight is 243 g/mol. The molecular formula is C14H13NO3. The fourth-order valence-electron chi connectivity index (χ4n) is 1.70. The quantitative estimate of drug-likeness (QED) is 0.663. The van der Waals surface area contributed by atoms with E-state index in [9.17, 15) is 4.79 Å². The lowest BCUT2D eigenvalue weighted by atomic mass is 10.0. The maximum Gasteiger partial charge on any atom is 0.436 e. The summed E-state index contributed by atoms with van der Waals surface area (Å²) in [5.41, 5.74) is 7.85. The minimum Gasteiger partial charge on any atom is -0.333 e. The Balaban J connectivity index is 2.18. The van der Waals surface area contributed by atoms with Crippen LogP contribution in [-0.2, 0) is 16.4 Å². The van der Waals surface area contributed by atoms with Crippen LogP contribution in [0.2, 0.25) is 0 Å². The molecule has 0 aliphatic carbocycles. The first-order valence-corrected chi connectivity index (χ1v) is 5.49. The Morgan fingerprint density at radius 1 is 1.00 bits per heavy atom. The Bertz CT molecular complexity index is 526. The SMILES string of the molecule is NC(=O)OOCc1ccccc1-c1ccccc1. The molecule has 0 saturated carbocycles. The van der Waals surface area contributed by atoms with Crippen LogP contribution in [0.4, 0.5) is 4.79 Å². The van der Waals surface area contributed by atoms with Crippen molar-refractivity contribution in [2.45, 2.75) is 6.61 Å². The van der Waals surface area contributed by atoms with Crippen molar-refractivity contribution in [2.24, 2.45) is 5.73 Å². The molecule has 0 spiro atoms. The molecule has 0 heterocycles. The Hall–Kier alpha value is -2.33. The minimum absolute atomic E-state index is 0.161. The number of benzene rings is 2. The summed E-state index contributed by atoms with van der Waals surface area (Å²) in [5, 5.41) is 0. The second-order valence-electron chi connectivity index (χ2n) is 3.69. The molecule has 0 fully saturated rings. The van der Waals surface area contributed by atoms with Gasteiger partial charge in [-0.2, -0.15) is 4.89 Å². The number of nitrogens with two attached hydrogens (primary N) is 1. The van der Waals surface area contributed by atoms with Crippen molar-refractivity contribution in [3.05, 3.63) is 60.2 Å². The third-order valence-corrected chi connectivity index (χ3v) is 2.46. The maximum atomic E-state index is 10.4. The fourth-order valence-corrected chi connectivity index (χ4v) is 1.70. The molecule has 1 amide bonds. The lowest BCUT2D eigenvalue weighted by Gasteiger charge is -2.08. The smallest absolute Gasteiger partial charge is 0.333 e.